The molecule has 1 saturated carbocycles. The molecular formula is C20H21NO4. The van der Waals surface area contributed by atoms with Crippen LogP contribution >= 0.6 is 0 Å². The molecule has 1 N–H and O–H groups in total. The Morgan fingerprint density at radius 3 is 2.24 bits per heavy atom. The molecule has 5 nitrogen and oxygen atoms in total. The lowest BCUT2D eigenvalue weighted by Gasteiger charge is -2.49. The molecule has 2 fully saturated rings. The topological polar surface area (TPSA) is 74.7 Å². The molecule has 0 aromatic heterocycles. The number of amides is 2. The van der Waals surface area contributed by atoms with Gasteiger partial charge >= 0.3 is 0 Å². The Morgan fingerprint density at radius 2 is 1.64 bits per heavy atom. The quantitative estimate of drug-likeness (QED) is 0.660. The highest BCUT2D eigenvalue weighted by Crippen LogP contribution is 2.56. The second-order valence-corrected chi connectivity index (χ2v) is 7.74. The SMILES string of the molecule is CC(C)C1=C[C@@H]2[C@@H]3C(=O)N(c4ccccc4)C(=O)[C@@H]3[C@H]1C(=O)[C@@]2(C)O. The fourth-order valence-electron chi connectivity index (χ4n) is 4.75. The molecule has 0 unspecified atom stereocenters. The average molecular weight is 339 g/mol. The van der Waals surface area contributed by atoms with Gasteiger partial charge < -0.3 is 5.11 Å². The molecule has 5 heteroatoms. The predicted octanol–water partition coefficient (Wildman–Crippen LogP) is 1.95. The third-order valence-electron chi connectivity index (χ3n) is 5.99. The van der Waals surface area contributed by atoms with Crippen molar-refractivity contribution in [3.63, 3.8) is 0 Å². The van der Waals surface area contributed by atoms with Crippen molar-refractivity contribution in [3.05, 3.63) is 42.0 Å². The van der Waals surface area contributed by atoms with Gasteiger partial charge in [-0.2, -0.15) is 0 Å². The van der Waals surface area contributed by atoms with Gasteiger partial charge in [0.2, 0.25) is 11.8 Å². The number of para-hydroxylation sites is 1. The highest BCUT2D eigenvalue weighted by atomic mass is 16.3. The maximum absolute atomic E-state index is 13.1. The van der Waals surface area contributed by atoms with Gasteiger partial charge in [-0.15, -0.1) is 0 Å². The van der Waals surface area contributed by atoms with Crippen LogP contribution < -0.4 is 4.90 Å². The van der Waals surface area contributed by atoms with Crippen LogP contribution in [0.15, 0.2) is 42.0 Å². The molecule has 1 heterocycles. The predicted molar refractivity (Wildman–Crippen MR) is 91.4 cm³/mol. The Bertz CT molecular complexity index is 808. The highest BCUT2D eigenvalue weighted by molar-refractivity contribution is 6.24. The number of Topliss-reactive ketones (excluding diaryl/α,β-unsaturated/α-hetero) is 1. The summed E-state index contributed by atoms with van der Waals surface area (Å²) in [4.78, 5) is 40.3. The number of carbonyl (C=O) groups is 3. The average Bonchev–Trinajstić information content (AvgIpc) is 2.84. The number of nitrogens with zero attached hydrogens (tertiary/aromatic N) is 1. The van der Waals surface area contributed by atoms with Crippen LogP contribution in [0, 0.1) is 29.6 Å². The molecule has 5 atom stereocenters. The van der Waals surface area contributed by atoms with Crippen LogP contribution in [0.4, 0.5) is 5.69 Å². The normalized spacial score (nSPS) is 36.9. The van der Waals surface area contributed by atoms with Crippen molar-refractivity contribution >= 4 is 23.3 Å². The van der Waals surface area contributed by atoms with E-state index in [4.69, 9.17) is 0 Å². The van der Waals surface area contributed by atoms with E-state index in [0.29, 0.717) is 5.69 Å². The molecule has 2 amide bonds. The van der Waals surface area contributed by atoms with Crippen LogP contribution in [0.1, 0.15) is 20.8 Å². The Hall–Kier alpha value is -2.27. The van der Waals surface area contributed by atoms with E-state index in [1.54, 1.807) is 24.3 Å². The van der Waals surface area contributed by atoms with Gasteiger partial charge in [-0.1, -0.05) is 43.7 Å². The summed E-state index contributed by atoms with van der Waals surface area (Å²) in [5.74, 6) is -3.63. The van der Waals surface area contributed by atoms with Gasteiger partial charge in [-0.3, -0.25) is 19.3 Å². The number of ketones is 1. The number of allylic oxidation sites excluding steroid dienone is 1. The van der Waals surface area contributed by atoms with Crippen molar-refractivity contribution in [3.8, 4) is 0 Å². The van der Waals surface area contributed by atoms with Crippen LogP contribution in [0.3, 0.4) is 0 Å². The van der Waals surface area contributed by atoms with Crippen molar-refractivity contribution in [1.82, 2.24) is 0 Å². The smallest absolute Gasteiger partial charge is 0.238 e. The van der Waals surface area contributed by atoms with E-state index in [1.807, 2.05) is 26.0 Å². The van der Waals surface area contributed by atoms with Gasteiger partial charge in [-0.25, -0.2) is 0 Å². The second kappa shape index (κ2) is 5.11. The van der Waals surface area contributed by atoms with Crippen molar-refractivity contribution in [1.29, 1.82) is 0 Å². The monoisotopic (exact) mass is 339 g/mol. The number of fused-ring (bicyclic) bond motifs is 1. The number of rotatable bonds is 2. The summed E-state index contributed by atoms with van der Waals surface area (Å²) in [5.41, 5.74) is -0.212. The van der Waals surface area contributed by atoms with Crippen molar-refractivity contribution in [2.24, 2.45) is 29.6 Å². The van der Waals surface area contributed by atoms with Gasteiger partial charge in [-0.05, 0) is 25.0 Å². The summed E-state index contributed by atoms with van der Waals surface area (Å²) >= 11 is 0. The van der Waals surface area contributed by atoms with Crippen molar-refractivity contribution in [2.75, 3.05) is 4.90 Å². The number of imide groups is 1. The molecular weight excluding hydrogens is 318 g/mol. The first-order chi connectivity index (χ1) is 11.8. The lowest BCUT2D eigenvalue weighted by Crippen LogP contribution is -2.61. The number of aliphatic hydroxyl groups is 1. The Kier molecular flexibility index (Phi) is 3.32. The van der Waals surface area contributed by atoms with Gasteiger partial charge in [0, 0.05) is 5.92 Å². The van der Waals surface area contributed by atoms with E-state index in [1.165, 1.54) is 11.8 Å². The molecule has 0 spiro atoms. The Balaban J connectivity index is 1.86. The number of anilines is 1. The lowest BCUT2D eigenvalue weighted by atomic mass is 9.52. The third-order valence-corrected chi connectivity index (χ3v) is 5.99. The van der Waals surface area contributed by atoms with E-state index >= 15 is 0 Å². The zero-order chi connectivity index (χ0) is 18.1. The van der Waals surface area contributed by atoms with Crippen LogP contribution in [-0.2, 0) is 14.4 Å². The molecule has 5 rings (SSSR count). The van der Waals surface area contributed by atoms with Gasteiger partial charge in [0.05, 0.1) is 23.4 Å². The second-order valence-electron chi connectivity index (χ2n) is 7.74. The number of hydrogen-bond acceptors (Lipinski definition) is 4. The molecule has 0 radical (unpaired) electrons. The molecule has 25 heavy (non-hydrogen) atoms. The molecule has 1 aliphatic heterocycles. The van der Waals surface area contributed by atoms with Crippen LogP contribution in [0.25, 0.3) is 0 Å². The molecule has 1 saturated heterocycles. The van der Waals surface area contributed by atoms with Gasteiger partial charge in [0.1, 0.15) is 5.60 Å². The molecule has 1 aromatic carbocycles. The molecule has 3 aliphatic carbocycles. The Morgan fingerprint density at radius 1 is 1.04 bits per heavy atom. The van der Waals surface area contributed by atoms with E-state index in [9.17, 15) is 19.5 Å². The summed E-state index contributed by atoms with van der Waals surface area (Å²) in [6.45, 7) is 5.42. The van der Waals surface area contributed by atoms with Crippen molar-refractivity contribution in [2.45, 2.75) is 26.4 Å². The van der Waals surface area contributed by atoms with E-state index in [0.717, 1.165) is 5.57 Å². The molecule has 1 aromatic rings. The zero-order valence-corrected chi connectivity index (χ0v) is 14.5. The fraction of sp³-hybridized carbons (Fsp3) is 0.450. The van der Waals surface area contributed by atoms with E-state index in [-0.39, 0.29) is 23.5 Å². The zero-order valence-electron chi connectivity index (χ0n) is 14.5. The first-order valence-corrected chi connectivity index (χ1v) is 8.68. The summed E-state index contributed by atoms with van der Waals surface area (Å²) in [5, 5.41) is 10.8. The van der Waals surface area contributed by atoms with Gasteiger partial charge in [0.25, 0.3) is 0 Å². The third kappa shape index (κ3) is 1.96. The Labute approximate surface area is 146 Å². The minimum Gasteiger partial charge on any atom is -0.382 e. The summed E-state index contributed by atoms with van der Waals surface area (Å²) in [7, 11) is 0. The maximum atomic E-state index is 13.1. The summed E-state index contributed by atoms with van der Waals surface area (Å²) in [6.07, 6.45) is 1.87. The summed E-state index contributed by atoms with van der Waals surface area (Å²) in [6, 6.07) is 8.78. The van der Waals surface area contributed by atoms with E-state index < -0.39 is 29.3 Å². The molecule has 2 bridgehead atoms. The van der Waals surface area contributed by atoms with Crippen LogP contribution in [-0.4, -0.2) is 28.3 Å². The van der Waals surface area contributed by atoms with E-state index in [2.05, 4.69) is 0 Å². The minimum absolute atomic E-state index is 0.0853. The first kappa shape index (κ1) is 16.2. The number of hydrogen-bond donors (Lipinski definition) is 1. The van der Waals surface area contributed by atoms with Gasteiger partial charge in [0.15, 0.2) is 5.78 Å². The van der Waals surface area contributed by atoms with Crippen LogP contribution in [0.5, 0.6) is 0 Å². The fourth-order valence-corrected chi connectivity index (χ4v) is 4.75. The number of benzene rings is 1. The lowest BCUT2D eigenvalue weighted by molar-refractivity contribution is -0.162. The molecule has 4 aliphatic rings. The molecule has 130 valence electrons. The summed E-state index contributed by atoms with van der Waals surface area (Å²) < 4.78 is 0. The minimum atomic E-state index is -1.60. The number of carbonyl (C=O) groups excluding carboxylic acids is 3. The highest BCUT2D eigenvalue weighted by Gasteiger charge is 2.68. The van der Waals surface area contributed by atoms with Crippen molar-refractivity contribution < 1.29 is 19.5 Å². The first-order valence-electron chi connectivity index (χ1n) is 8.68. The standard InChI is InChI=1S/C20H21NO4/c1-10(2)12-9-13-15-16(14(12)17(22)20(13,3)25)19(24)21(18(15)23)11-7-5-4-6-8-11/h4-10,13-16,25H,1-3H3/t13-,14+,15+,16-,20+/m1/s1. The van der Waals surface area contributed by atoms with Crippen LogP contribution in [0.2, 0.25) is 0 Å². The maximum Gasteiger partial charge on any atom is 0.238 e. The largest absolute Gasteiger partial charge is 0.382 e.